The van der Waals surface area contributed by atoms with Gasteiger partial charge in [0, 0.05) is 11.6 Å². The Morgan fingerprint density at radius 1 is 0.939 bits per heavy atom. The molecular formula is C23H18Cl2F3NO3S. The van der Waals surface area contributed by atoms with E-state index in [4.69, 9.17) is 23.2 Å². The number of hydrogen-bond donors (Lipinski definition) is 2. The van der Waals surface area contributed by atoms with Crippen LogP contribution >= 0.6 is 23.2 Å². The molecule has 33 heavy (non-hydrogen) atoms. The van der Waals surface area contributed by atoms with Crippen LogP contribution in [0.25, 0.3) is 6.08 Å². The van der Waals surface area contributed by atoms with Crippen LogP contribution in [0.4, 0.5) is 13.2 Å². The molecule has 0 radical (unpaired) electrons. The van der Waals surface area contributed by atoms with Crippen molar-refractivity contribution in [2.75, 3.05) is 0 Å². The predicted molar refractivity (Wildman–Crippen MR) is 122 cm³/mol. The van der Waals surface area contributed by atoms with E-state index in [9.17, 15) is 26.7 Å². The second-order valence-corrected chi connectivity index (χ2v) is 9.68. The van der Waals surface area contributed by atoms with Crippen molar-refractivity contribution in [3.63, 3.8) is 0 Å². The van der Waals surface area contributed by atoms with Crippen molar-refractivity contribution in [2.24, 2.45) is 0 Å². The average molecular weight is 516 g/mol. The number of alkyl halides is 3. The van der Waals surface area contributed by atoms with Crippen molar-refractivity contribution >= 4 is 39.3 Å². The molecule has 0 fully saturated rings. The zero-order valence-corrected chi connectivity index (χ0v) is 19.2. The van der Waals surface area contributed by atoms with Crippen LogP contribution in [0.2, 0.25) is 10.0 Å². The third-order valence-corrected chi connectivity index (χ3v) is 6.91. The second-order valence-electron chi connectivity index (χ2n) is 7.10. The Hall–Kier alpha value is -2.36. The summed E-state index contributed by atoms with van der Waals surface area (Å²) in [6.45, 7) is -0.213. The highest BCUT2D eigenvalue weighted by atomic mass is 35.5. The van der Waals surface area contributed by atoms with Gasteiger partial charge in [0.05, 0.1) is 5.02 Å². The number of benzene rings is 3. The normalized spacial score (nSPS) is 14.4. The molecule has 0 bridgehead atoms. The molecule has 3 aromatic rings. The third kappa shape index (κ3) is 5.96. The lowest BCUT2D eigenvalue weighted by molar-refractivity contribution is -0.244. The lowest BCUT2D eigenvalue weighted by Gasteiger charge is -2.28. The fraction of sp³-hybridized carbons (Fsp3) is 0.130. The van der Waals surface area contributed by atoms with Crippen LogP contribution in [-0.4, -0.2) is 19.7 Å². The first-order chi connectivity index (χ1) is 15.4. The molecule has 0 aromatic heterocycles. The molecule has 4 nitrogen and oxygen atoms in total. The van der Waals surface area contributed by atoms with Gasteiger partial charge >= 0.3 is 6.18 Å². The number of nitrogens with one attached hydrogen (secondary N) is 1. The van der Waals surface area contributed by atoms with E-state index in [1.54, 1.807) is 30.3 Å². The molecule has 0 aliphatic heterocycles. The molecule has 3 aromatic carbocycles. The lowest BCUT2D eigenvalue weighted by atomic mass is 9.91. The summed E-state index contributed by atoms with van der Waals surface area (Å²) in [7, 11) is -4.02. The molecule has 0 amide bonds. The fourth-order valence-corrected chi connectivity index (χ4v) is 4.73. The maximum atomic E-state index is 13.7. The molecule has 0 saturated heterocycles. The van der Waals surface area contributed by atoms with E-state index in [0.29, 0.717) is 17.2 Å². The maximum absolute atomic E-state index is 13.7. The molecule has 1 unspecified atom stereocenters. The van der Waals surface area contributed by atoms with Gasteiger partial charge in [-0.05, 0) is 41.0 Å². The largest absolute Gasteiger partial charge is 0.425 e. The minimum atomic E-state index is -4.98. The van der Waals surface area contributed by atoms with E-state index in [2.05, 4.69) is 4.72 Å². The average Bonchev–Trinajstić information content (AvgIpc) is 2.78. The molecule has 174 valence electrons. The summed E-state index contributed by atoms with van der Waals surface area (Å²) in [6, 6.07) is 17.0. The quantitative estimate of drug-likeness (QED) is 0.409. The van der Waals surface area contributed by atoms with Crippen molar-refractivity contribution in [3.8, 4) is 0 Å². The zero-order valence-electron chi connectivity index (χ0n) is 16.9. The van der Waals surface area contributed by atoms with Gasteiger partial charge in [0.1, 0.15) is 4.90 Å². The van der Waals surface area contributed by atoms with Gasteiger partial charge in [-0.1, -0.05) is 83.9 Å². The van der Waals surface area contributed by atoms with Crippen molar-refractivity contribution in [2.45, 2.75) is 23.2 Å². The van der Waals surface area contributed by atoms with E-state index in [1.807, 2.05) is 0 Å². The molecule has 1 atom stereocenters. The molecule has 0 aliphatic rings. The van der Waals surface area contributed by atoms with Gasteiger partial charge < -0.3 is 5.11 Å². The number of rotatable bonds is 7. The van der Waals surface area contributed by atoms with Crippen LogP contribution < -0.4 is 4.72 Å². The van der Waals surface area contributed by atoms with Gasteiger partial charge in [-0.15, -0.1) is 0 Å². The Balaban J connectivity index is 1.81. The van der Waals surface area contributed by atoms with Gasteiger partial charge in [0.25, 0.3) is 0 Å². The molecular weight excluding hydrogens is 498 g/mol. The SMILES string of the molecule is O=S(=O)(NCc1ccc(C(O)(C=Cc2ccccc2)C(F)(F)F)cc1)c1cc(Cl)ccc1Cl. The summed E-state index contributed by atoms with van der Waals surface area (Å²) < 4.78 is 68.6. The molecule has 3 rings (SSSR count). The van der Waals surface area contributed by atoms with E-state index in [0.717, 1.165) is 12.1 Å². The Kier molecular flexibility index (Phi) is 7.55. The molecule has 0 aliphatic carbocycles. The van der Waals surface area contributed by atoms with Crippen LogP contribution in [0.5, 0.6) is 0 Å². The highest BCUT2D eigenvalue weighted by Gasteiger charge is 2.53. The topological polar surface area (TPSA) is 66.4 Å². The minimum absolute atomic E-state index is 0.0253. The number of aliphatic hydroxyl groups is 1. The van der Waals surface area contributed by atoms with Crippen LogP contribution in [-0.2, 0) is 22.2 Å². The van der Waals surface area contributed by atoms with Crippen molar-refractivity contribution < 1.29 is 26.7 Å². The Morgan fingerprint density at radius 2 is 1.58 bits per heavy atom. The van der Waals surface area contributed by atoms with E-state index < -0.39 is 27.4 Å². The second kappa shape index (κ2) is 9.87. The highest BCUT2D eigenvalue weighted by Crippen LogP contribution is 2.40. The molecule has 0 saturated carbocycles. The lowest BCUT2D eigenvalue weighted by Crippen LogP contribution is -2.40. The van der Waals surface area contributed by atoms with Crippen molar-refractivity contribution in [3.05, 3.63) is 106 Å². The zero-order chi connectivity index (χ0) is 24.3. The monoisotopic (exact) mass is 515 g/mol. The third-order valence-electron chi connectivity index (χ3n) is 4.79. The first-order valence-electron chi connectivity index (χ1n) is 9.50. The Labute approximate surface area is 199 Å². The predicted octanol–water partition coefficient (Wildman–Crippen LogP) is 5.94. The van der Waals surface area contributed by atoms with E-state index in [-0.39, 0.29) is 21.5 Å². The summed E-state index contributed by atoms with van der Waals surface area (Å²) in [4.78, 5) is -0.217. The fourth-order valence-electron chi connectivity index (χ4n) is 2.95. The minimum Gasteiger partial charge on any atom is -0.373 e. The molecule has 2 N–H and O–H groups in total. The smallest absolute Gasteiger partial charge is 0.373 e. The number of halogens is 5. The van der Waals surface area contributed by atoms with Gasteiger partial charge in [-0.2, -0.15) is 13.2 Å². The summed E-state index contributed by atoms with van der Waals surface area (Å²) in [5.74, 6) is 0. The van der Waals surface area contributed by atoms with Crippen molar-refractivity contribution in [1.82, 2.24) is 4.72 Å². The highest BCUT2D eigenvalue weighted by molar-refractivity contribution is 7.89. The van der Waals surface area contributed by atoms with Gasteiger partial charge in [0.2, 0.25) is 15.6 Å². The van der Waals surface area contributed by atoms with Crippen LogP contribution in [0.15, 0.2) is 83.8 Å². The van der Waals surface area contributed by atoms with Crippen LogP contribution in [0, 0.1) is 0 Å². The first kappa shape index (κ1) is 25.3. The van der Waals surface area contributed by atoms with Crippen LogP contribution in [0.3, 0.4) is 0 Å². The standard InChI is InChI=1S/C23H18Cl2F3NO3S/c24-19-10-11-20(25)21(14-19)33(31,32)29-15-17-6-8-18(9-7-17)22(30,23(26,27)28)13-12-16-4-2-1-3-5-16/h1-14,29-30H,15H2. The maximum Gasteiger partial charge on any atom is 0.425 e. The van der Waals surface area contributed by atoms with Crippen LogP contribution in [0.1, 0.15) is 16.7 Å². The van der Waals surface area contributed by atoms with E-state index in [1.165, 1.54) is 36.4 Å². The Morgan fingerprint density at radius 3 is 2.18 bits per heavy atom. The summed E-state index contributed by atoms with van der Waals surface area (Å²) in [5, 5.41) is 10.6. The van der Waals surface area contributed by atoms with Gasteiger partial charge in [0.15, 0.2) is 0 Å². The molecule has 10 heteroatoms. The van der Waals surface area contributed by atoms with Crippen molar-refractivity contribution in [1.29, 1.82) is 0 Å². The van der Waals surface area contributed by atoms with E-state index >= 15 is 0 Å². The summed E-state index contributed by atoms with van der Waals surface area (Å²) >= 11 is 11.8. The molecule has 0 spiro atoms. The summed E-state index contributed by atoms with van der Waals surface area (Å²) in [5.41, 5.74) is -2.77. The first-order valence-corrected chi connectivity index (χ1v) is 11.7. The van der Waals surface area contributed by atoms with Gasteiger partial charge in [-0.3, -0.25) is 0 Å². The molecule has 0 heterocycles. The Bertz CT molecular complexity index is 1250. The number of sulfonamides is 1. The summed E-state index contributed by atoms with van der Waals surface area (Å²) in [6.07, 6.45) is -3.11. The van der Waals surface area contributed by atoms with Gasteiger partial charge in [-0.25, -0.2) is 13.1 Å². The number of hydrogen-bond acceptors (Lipinski definition) is 3.